The standard InChI is InChI=1S/C16H20N2O3/c1-2-21-15(20)17-11-6-7-13-12(10-11)16(14(19)18-13)8-4-3-5-9-16/h6-7,10H,2-5,8-9H2,1H3,(H,17,20)(H,18,19). The molecule has 0 bridgehead atoms. The monoisotopic (exact) mass is 288 g/mol. The zero-order valence-corrected chi connectivity index (χ0v) is 12.2. The molecule has 1 saturated carbocycles. The maximum Gasteiger partial charge on any atom is 0.411 e. The summed E-state index contributed by atoms with van der Waals surface area (Å²) in [6.45, 7) is 2.10. The summed E-state index contributed by atoms with van der Waals surface area (Å²) < 4.78 is 4.89. The molecule has 0 atom stereocenters. The summed E-state index contributed by atoms with van der Waals surface area (Å²) in [6, 6.07) is 5.56. The first-order valence-corrected chi connectivity index (χ1v) is 7.55. The van der Waals surface area contributed by atoms with Crippen LogP contribution >= 0.6 is 0 Å². The molecule has 0 radical (unpaired) electrons. The summed E-state index contributed by atoms with van der Waals surface area (Å²) in [5.41, 5.74) is 2.16. The second-order valence-corrected chi connectivity index (χ2v) is 5.70. The highest BCUT2D eigenvalue weighted by Gasteiger charge is 2.47. The fourth-order valence-corrected chi connectivity index (χ4v) is 3.43. The van der Waals surface area contributed by atoms with Crippen LogP contribution in [0.4, 0.5) is 16.2 Å². The lowest BCUT2D eigenvalue weighted by atomic mass is 9.70. The largest absolute Gasteiger partial charge is 0.450 e. The summed E-state index contributed by atoms with van der Waals surface area (Å²) >= 11 is 0. The average Bonchev–Trinajstić information content (AvgIpc) is 2.73. The highest BCUT2D eigenvalue weighted by molar-refractivity contribution is 6.07. The lowest BCUT2D eigenvalue weighted by molar-refractivity contribution is -0.121. The predicted molar refractivity (Wildman–Crippen MR) is 80.5 cm³/mol. The second-order valence-electron chi connectivity index (χ2n) is 5.70. The van der Waals surface area contributed by atoms with E-state index in [1.165, 1.54) is 6.42 Å². The molecule has 5 nitrogen and oxygen atoms in total. The number of hydrogen-bond acceptors (Lipinski definition) is 3. The molecule has 1 aromatic rings. The molecule has 2 amide bonds. The first kappa shape index (κ1) is 13.9. The van der Waals surface area contributed by atoms with Crippen molar-refractivity contribution in [2.45, 2.75) is 44.4 Å². The van der Waals surface area contributed by atoms with E-state index >= 15 is 0 Å². The maximum absolute atomic E-state index is 12.4. The molecule has 1 fully saturated rings. The van der Waals surface area contributed by atoms with Crippen molar-refractivity contribution in [2.75, 3.05) is 17.2 Å². The summed E-state index contributed by atoms with van der Waals surface area (Å²) in [7, 11) is 0. The maximum atomic E-state index is 12.4. The van der Waals surface area contributed by atoms with E-state index in [9.17, 15) is 9.59 Å². The number of rotatable bonds is 2. The lowest BCUT2D eigenvalue weighted by Gasteiger charge is -2.31. The van der Waals surface area contributed by atoms with Gasteiger partial charge in [0.1, 0.15) is 0 Å². The van der Waals surface area contributed by atoms with Gasteiger partial charge in [0.05, 0.1) is 12.0 Å². The molecule has 1 heterocycles. The summed E-state index contributed by atoms with van der Waals surface area (Å²) in [6.07, 6.45) is 4.63. The summed E-state index contributed by atoms with van der Waals surface area (Å²) in [4.78, 5) is 23.9. The van der Waals surface area contributed by atoms with E-state index in [1.807, 2.05) is 12.1 Å². The van der Waals surface area contributed by atoms with Gasteiger partial charge in [0.15, 0.2) is 0 Å². The van der Waals surface area contributed by atoms with Crippen LogP contribution < -0.4 is 10.6 Å². The van der Waals surface area contributed by atoms with E-state index in [1.54, 1.807) is 13.0 Å². The van der Waals surface area contributed by atoms with Crippen molar-refractivity contribution >= 4 is 23.4 Å². The fourth-order valence-electron chi connectivity index (χ4n) is 3.43. The third kappa shape index (κ3) is 2.37. The zero-order chi connectivity index (χ0) is 14.9. The number of ether oxygens (including phenoxy) is 1. The van der Waals surface area contributed by atoms with Crippen LogP contribution in [0.3, 0.4) is 0 Å². The fraction of sp³-hybridized carbons (Fsp3) is 0.500. The van der Waals surface area contributed by atoms with Crippen molar-refractivity contribution in [3.8, 4) is 0 Å². The van der Waals surface area contributed by atoms with Gasteiger partial charge in [-0.2, -0.15) is 0 Å². The molecule has 5 heteroatoms. The number of nitrogens with one attached hydrogen (secondary N) is 2. The molecule has 0 unspecified atom stereocenters. The van der Waals surface area contributed by atoms with E-state index in [-0.39, 0.29) is 5.91 Å². The Kier molecular flexibility index (Phi) is 3.57. The molecule has 3 rings (SSSR count). The molecule has 21 heavy (non-hydrogen) atoms. The predicted octanol–water partition coefficient (Wildman–Crippen LogP) is 3.41. The van der Waals surface area contributed by atoms with Gasteiger partial charge in [0.2, 0.25) is 5.91 Å². The minimum absolute atomic E-state index is 0.102. The van der Waals surface area contributed by atoms with Crippen molar-refractivity contribution in [2.24, 2.45) is 0 Å². The number of carbonyl (C=O) groups is 2. The number of fused-ring (bicyclic) bond motifs is 2. The first-order chi connectivity index (χ1) is 10.2. The minimum Gasteiger partial charge on any atom is -0.450 e. The van der Waals surface area contributed by atoms with E-state index in [2.05, 4.69) is 10.6 Å². The number of amides is 2. The number of anilines is 2. The van der Waals surface area contributed by atoms with Gasteiger partial charge in [0.25, 0.3) is 0 Å². The Bertz CT molecular complexity index is 577. The van der Waals surface area contributed by atoms with Crippen LogP contribution in [0.25, 0.3) is 0 Å². The molecule has 2 N–H and O–H groups in total. The quantitative estimate of drug-likeness (QED) is 0.876. The van der Waals surface area contributed by atoms with Crippen molar-refractivity contribution < 1.29 is 14.3 Å². The molecular weight excluding hydrogens is 268 g/mol. The van der Waals surface area contributed by atoms with E-state index < -0.39 is 11.5 Å². The van der Waals surface area contributed by atoms with Gasteiger partial charge in [-0.1, -0.05) is 19.3 Å². The normalized spacial score (nSPS) is 19.0. The SMILES string of the molecule is CCOC(=O)Nc1ccc2c(c1)C1(CCCCC1)C(=O)N2. The lowest BCUT2D eigenvalue weighted by Crippen LogP contribution is -2.36. The van der Waals surface area contributed by atoms with Crippen molar-refractivity contribution in [1.29, 1.82) is 0 Å². The Hall–Kier alpha value is -2.04. The summed E-state index contributed by atoms with van der Waals surface area (Å²) in [5, 5.41) is 5.69. The highest BCUT2D eigenvalue weighted by atomic mass is 16.5. The summed E-state index contributed by atoms with van der Waals surface area (Å²) in [5.74, 6) is 0.102. The van der Waals surface area contributed by atoms with Crippen LogP contribution in [-0.4, -0.2) is 18.6 Å². The average molecular weight is 288 g/mol. The number of hydrogen-bond donors (Lipinski definition) is 2. The molecule has 1 aromatic carbocycles. The van der Waals surface area contributed by atoms with E-state index in [0.717, 1.165) is 36.9 Å². The second kappa shape index (κ2) is 5.39. The van der Waals surface area contributed by atoms with Gasteiger partial charge in [-0.25, -0.2) is 4.79 Å². The smallest absolute Gasteiger partial charge is 0.411 e. The van der Waals surface area contributed by atoms with Crippen LogP contribution in [0.5, 0.6) is 0 Å². The minimum atomic E-state index is -0.465. The van der Waals surface area contributed by atoms with Crippen LogP contribution in [0.15, 0.2) is 18.2 Å². The van der Waals surface area contributed by atoms with Crippen LogP contribution in [-0.2, 0) is 14.9 Å². The van der Waals surface area contributed by atoms with Gasteiger partial charge >= 0.3 is 6.09 Å². The molecule has 1 aliphatic carbocycles. The first-order valence-electron chi connectivity index (χ1n) is 7.55. The Balaban J connectivity index is 1.90. The highest BCUT2D eigenvalue weighted by Crippen LogP contribution is 2.48. The third-order valence-corrected chi connectivity index (χ3v) is 4.45. The van der Waals surface area contributed by atoms with Crippen LogP contribution in [0, 0.1) is 0 Å². The molecular formula is C16H20N2O3. The van der Waals surface area contributed by atoms with Crippen molar-refractivity contribution in [3.05, 3.63) is 23.8 Å². The van der Waals surface area contributed by atoms with E-state index in [0.29, 0.717) is 12.3 Å². The van der Waals surface area contributed by atoms with Gasteiger partial charge in [-0.3, -0.25) is 10.1 Å². The molecule has 0 aromatic heterocycles. The van der Waals surface area contributed by atoms with Crippen molar-refractivity contribution in [3.63, 3.8) is 0 Å². The topological polar surface area (TPSA) is 67.4 Å². The molecule has 1 spiro atoms. The number of benzene rings is 1. The molecule has 1 aliphatic heterocycles. The molecule has 0 saturated heterocycles. The Morgan fingerprint density at radius 1 is 1.33 bits per heavy atom. The molecule has 2 aliphatic rings. The van der Waals surface area contributed by atoms with Gasteiger partial charge < -0.3 is 10.1 Å². The van der Waals surface area contributed by atoms with Crippen LogP contribution in [0.1, 0.15) is 44.6 Å². The van der Waals surface area contributed by atoms with Crippen molar-refractivity contribution in [1.82, 2.24) is 0 Å². The Morgan fingerprint density at radius 3 is 2.81 bits per heavy atom. The van der Waals surface area contributed by atoms with Gasteiger partial charge in [-0.15, -0.1) is 0 Å². The Morgan fingerprint density at radius 2 is 2.10 bits per heavy atom. The Labute approximate surface area is 124 Å². The van der Waals surface area contributed by atoms with Gasteiger partial charge in [-0.05, 0) is 43.5 Å². The van der Waals surface area contributed by atoms with Gasteiger partial charge in [0, 0.05) is 11.4 Å². The van der Waals surface area contributed by atoms with E-state index in [4.69, 9.17) is 4.74 Å². The third-order valence-electron chi connectivity index (χ3n) is 4.45. The number of carbonyl (C=O) groups excluding carboxylic acids is 2. The molecule has 112 valence electrons. The van der Waals surface area contributed by atoms with Crippen LogP contribution in [0.2, 0.25) is 0 Å². The zero-order valence-electron chi connectivity index (χ0n) is 12.2.